The Bertz CT molecular complexity index is 806. The third kappa shape index (κ3) is 5.10. The van der Waals surface area contributed by atoms with Gasteiger partial charge in [0, 0.05) is 62.9 Å². The molecule has 0 spiro atoms. The molecule has 150 valence electrons. The monoisotopic (exact) mass is 384 g/mol. The fraction of sp³-hybridized carbons (Fsp3) is 0.450. The minimum Gasteiger partial charge on any atom is -0.337 e. The van der Waals surface area contributed by atoms with Crippen LogP contribution in [0, 0.1) is 5.92 Å². The number of hydrogen-bond donors (Lipinski definition) is 2. The van der Waals surface area contributed by atoms with E-state index in [-0.39, 0.29) is 17.9 Å². The SMILES string of the molecule is CC(C)C(=O)Nc1ccc(NC(=O)N2CCN(Cc3nccn3C)CC2)cc1. The number of carbonyl (C=O) groups is 2. The number of anilines is 2. The van der Waals surface area contributed by atoms with Gasteiger partial charge < -0.3 is 20.1 Å². The minimum atomic E-state index is -0.101. The van der Waals surface area contributed by atoms with E-state index < -0.39 is 0 Å². The number of piperazine rings is 1. The van der Waals surface area contributed by atoms with Crippen LogP contribution in [-0.2, 0) is 18.4 Å². The van der Waals surface area contributed by atoms with Gasteiger partial charge in [-0.15, -0.1) is 0 Å². The van der Waals surface area contributed by atoms with E-state index in [4.69, 9.17) is 0 Å². The van der Waals surface area contributed by atoms with Crippen molar-refractivity contribution in [1.29, 1.82) is 0 Å². The van der Waals surface area contributed by atoms with Crippen molar-refractivity contribution in [3.8, 4) is 0 Å². The number of benzene rings is 1. The van der Waals surface area contributed by atoms with E-state index in [0.29, 0.717) is 18.8 Å². The molecule has 2 heterocycles. The van der Waals surface area contributed by atoms with Gasteiger partial charge >= 0.3 is 6.03 Å². The number of nitrogens with zero attached hydrogens (tertiary/aromatic N) is 4. The molecular weight excluding hydrogens is 356 g/mol. The van der Waals surface area contributed by atoms with Crippen LogP contribution in [0.2, 0.25) is 0 Å². The summed E-state index contributed by atoms with van der Waals surface area (Å²) >= 11 is 0. The molecule has 8 nitrogen and oxygen atoms in total. The van der Waals surface area contributed by atoms with Gasteiger partial charge in [-0.2, -0.15) is 0 Å². The van der Waals surface area contributed by atoms with Gasteiger partial charge in [-0.05, 0) is 24.3 Å². The largest absolute Gasteiger partial charge is 0.337 e. The summed E-state index contributed by atoms with van der Waals surface area (Å²) in [5.41, 5.74) is 1.43. The molecule has 28 heavy (non-hydrogen) atoms. The highest BCUT2D eigenvalue weighted by molar-refractivity contribution is 5.93. The number of amides is 3. The Morgan fingerprint density at radius 3 is 2.18 bits per heavy atom. The minimum absolute atomic E-state index is 0.0276. The standard InChI is InChI=1S/C20H28N6O2/c1-15(2)19(27)22-16-4-6-17(7-5-16)23-20(28)26-12-10-25(11-13-26)14-18-21-8-9-24(18)3/h4-9,15H,10-14H2,1-3H3,(H,22,27)(H,23,28). The Labute approximate surface area is 165 Å². The van der Waals surface area contributed by atoms with E-state index in [0.717, 1.165) is 31.1 Å². The maximum absolute atomic E-state index is 12.5. The molecular formula is C20H28N6O2. The van der Waals surface area contributed by atoms with E-state index in [1.165, 1.54) is 0 Å². The van der Waals surface area contributed by atoms with Crippen LogP contribution in [0.3, 0.4) is 0 Å². The van der Waals surface area contributed by atoms with E-state index in [9.17, 15) is 9.59 Å². The number of hydrogen-bond acceptors (Lipinski definition) is 4. The van der Waals surface area contributed by atoms with Gasteiger partial charge in [0.2, 0.25) is 5.91 Å². The predicted octanol–water partition coefficient (Wildman–Crippen LogP) is 2.36. The second-order valence-corrected chi connectivity index (χ2v) is 7.37. The number of aromatic nitrogens is 2. The van der Waals surface area contributed by atoms with Crippen LogP contribution < -0.4 is 10.6 Å². The molecule has 1 saturated heterocycles. The molecule has 0 aliphatic carbocycles. The summed E-state index contributed by atoms with van der Waals surface area (Å²) < 4.78 is 2.02. The van der Waals surface area contributed by atoms with Crippen LogP contribution in [0.1, 0.15) is 19.7 Å². The average molecular weight is 384 g/mol. The zero-order valence-electron chi connectivity index (χ0n) is 16.7. The van der Waals surface area contributed by atoms with Gasteiger partial charge in [0.05, 0.1) is 6.54 Å². The van der Waals surface area contributed by atoms with E-state index in [1.807, 2.05) is 36.6 Å². The normalized spacial score (nSPS) is 14.9. The summed E-state index contributed by atoms with van der Waals surface area (Å²) in [6.45, 7) is 7.49. The van der Waals surface area contributed by atoms with Gasteiger partial charge in [-0.3, -0.25) is 9.69 Å². The van der Waals surface area contributed by atoms with E-state index in [2.05, 4.69) is 20.5 Å². The molecule has 1 aromatic heterocycles. The van der Waals surface area contributed by atoms with Gasteiger partial charge in [0.25, 0.3) is 0 Å². The molecule has 0 unspecified atom stereocenters. The van der Waals surface area contributed by atoms with E-state index >= 15 is 0 Å². The first-order valence-electron chi connectivity index (χ1n) is 9.58. The molecule has 0 bridgehead atoms. The lowest BCUT2D eigenvalue weighted by Gasteiger charge is -2.34. The Kier molecular flexibility index (Phi) is 6.30. The van der Waals surface area contributed by atoms with Crippen LogP contribution in [0.4, 0.5) is 16.2 Å². The Morgan fingerprint density at radius 2 is 1.64 bits per heavy atom. The van der Waals surface area contributed by atoms with Crippen LogP contribution in [0.5, 0.6) is 0 Å². The topological polar surface area (TPSA) is 82.5 Å². The van der Waals surface area contributed by atoms with Crippen molar-refractivity contribution in [2.45, 2.75) is 20.4 Å². The molecule has 0 radical (unpaired) electrons. The van der Waals surface area contributed by atoms with Crippen molar-refractivity contribution in [3.63, 3.8) is 0 Å². The molecule has 1 aromatic carbocycles. The van der Waals surface area contributed by atoms with E-state index in [1.54, 1.807) is 30.5 Å². The first kappa shape index (κ1) is 19.9. The molecule has 1 fully saturated rings. The van der Waals surface area contributed by atoms with Crippen LogP contribution >= 0.6 is 0 Å². The van der Waals surface area contributed by atoms with Crippen molar-refractivity contribution in [2.75, 3.05) is 36.8 Å². The first-order chi connectivity index (χ1) is 13.4. The van der Waals surface area contributed by atoms with Crippen molar-refractivity contribution in [3.05, 3.63) is 42.5 Å². The molecule has 0 atom stereocenters. The van der Waals surface area contributed by atoms with Crippen molar-refractivity contribution < 1.29 is 9.59 Å². The third-order valence-corrected chi connectivity index (χ3v) is 4.87. The molecule has 0 saturated carbocycles. The first-order valence-corrected chi connectivity index (χ1v) is 9.58. The lowest BCUT2D eigenvalue weighted by molar-refractivity contribution is -0.118. The number of urea groups is 1. The molecule has 2 aromatic rings. The second kappa shape index (κ2) is 8.88. The lowest BCUT2D eigenvalue weighted by Crippen LogP contribution is -2.49. The van der Waals surface area contributed by atoms with Crippen LogP contribution in [0.25, 0.3) is 0 Å². The number of carbonyl (C=O) groups excluding carboxylic acids is 2. The van der Waals surface area contributed by atoms with Crippen LogP contribution in [0.15, 0.2) is 36.7 Å². The zero-order chi connectivity index (χ0) is 20.1. The number of imidazole rings is 1. The summed E-state index contributed by atoms with van der Waals surface area (Å²) in [5.74, 6) is 0.929. The second-order valence-electron chi connectivity index (χ2n) is 7.37. The maximum atomic E-state index is 12.5. The molecule has 3 rings (SSSR count). The average Bonchev–Trinajstić information content (AvgIpc) is 3.08. The molecule has 3 amide bonds. The smallest absolute Gasteiger partial charge is 0.321 e. The highest BCUT2D eigenvalue weighted by atomic mass is 16.2. The fourth-order valence-electron chi connectivity index (χ4n) is 2.98. The van der Waals surface area contributed by atoms with Gasteiger partial charge in [0.1, 0.15) is 5.82 Å². The number of rotatable bonds is 5. The van der Waals surface area contributed by atoms with Gasteiger partial charge in [-0.1, -0.05) is 13.8 Å². The summed E-state index contributed by atoms with van der Waals surface area (Å²) in [4.78, 5) is 32.7. The molecule has 8 heteroatoms. The summed E-state index contributed by atoms with van der Waals surface area (Å²) in [7, 11) is 1.99. The third-order valence-electron chi connectivity index (χ3n) is 4.87. The highest BCUT2D eigenvalue weighted by Gasteiger charge is 2.22. The van der Waals surface area contributed by atoms with Crippen molar-refractivity contribution in [2.24, 2.45) is 13.0 Å². The van der Waals surface area contributed by atoms with Crippen molar-refractivity contribution >= 4 is 23.3 Å². The Balaban J connectivity index is 1.46. The zero-order valence-corrected chi connectivity index (χ0v) is 16.7. The number of aryl methyl sites for hydroxylation is 1. The molecule has 2 N–H and O–H groups in total. The number of nitrogens with one attached hydrogen (secondary N) is 2. The Hall–Kier alpha value is -2.87. The Morgan fingerprint density at radius 1 is 1.04 bits per heavy atom. The summed E-state index contributed by atoms with van der Waals surface area (Å²) in [5, 5.41) is 5.76. The van der Waals surface area contributed by atoms with Gasteiger partial charge in [-0.25, -0.2) is 9.78 Å². The molecule has 1 aliphatic heterocycles. The highest BCUT2D eigenvalue weighted by Crippen LogP contribution is 2.16. The quantitative estimate of drug-likeness (QED) is 0.829. The van der Waals surface area contributed by atoms with Gasteiger partial charge in [0.15, 0.2) is 0 Å². The van der Waals surface area contributed by atoms with Crippen molar-refractivity contribution in [1.82, 2.24) is 19.4 Å². The molecule has 1 aliphatic rings. The predicted molar refractivity (Wildman–Crippen MR) is 109 cm³/mol. The van der Waals surface area contributed by atoms with Crippen LogP contribution in [-0.4, -0.2) is 57.5 Å². The fourth-order valence-corrected chi connectivity index (χ4v) is 2.98. The summed E-state index contributed by atoms with van der Waals surface area (Å²) in [6.07, 6.45) is 3.75. The summed E-state index contributed by atoms with van der Waals surface area (Å²) in [6, 6.07) is 7.08. The lowest BCUT2D eigenvalue weighted by atomic mass is 10.2. The maximum Gasteiger partial charge on any atom is 0.321 e.